The van der Waals surface area contributed by atoms with Gasteiger partial charge >= 0.3 is 5.97 Å². The van der Waals surface area contributed by atoms with Gasteiger partial charge in [0, 0.05) is 6.42 Å². The molecule has 0 aliphatic rings. The van der Waals surface area contributed by atoms with Crippen molar-refractivity contribution in [1.82, 2.24) is 0 Å². The van der Waals surface area contributed by atoms with Crippen LogP contribution in [0.3, 0.4) is 0 Å². The SMILES string of the molecule is N#Cc1ccc(OC(=O)COc2ccccc2Cc2ccccc2)cc1. The summed E-state index contributed by atoms with van der Waals surface area (Å²) in [5, 5.41) is 8.77. The van der Waals surface area contributed by atoms with E-state index < -0.39 is 5.97 Å². The van der Waals surface area contributed by atoms with Gasteiger partial charge in [-0.3, -0.25) is 0 Å². The molecule has 0 bridgehead atoms. The van der Waals surface area contributed by atoms with Crippen LogP contribution in [0.15, 0.2) is 78.9 Å². The molecule has 0 N–H and O–H groups in total. The molecule has 3 aromatic carbocycles. The predicted molar refractivity (Wildman–Crippen MR) is 98.0 cm³/mol. The van der Waals surface area contributed by atoms with Gasteiger partial charge in [0.2, 0.25) is 0 Å². The zero-order chi connectivity index (χ0) is 18.2. The van der Waals surface area contributed by atoms with Crippen molar-refractivity contribution < 1.29 is 14.3 Å². The lowest BCUT2D eigenvalue weighted by molar-refractivity contribution is -0.136. The fraction of sp³-hybridized carbons (Fsp3) is 0.0909. The number of hydrogen-bond acceptors (Lipinski definition) is 4. The van der Waals surface area contributed by atoms with E-state index in [0.29, 0.717) is 17.1 Å². The third kappa shape index (κ3) is 4.71. The Bertz CT molecular complexity index is 912. The highest BCUT2D eigenvalue weighted by molar-refractivity contribution is 5.74. The molecule has 0 saturated carbocycles. The molecule has 0 fully saturated rings. The van der Waals surface area contributed by atoms with Crippen LogP contribution in [-0.2, 0) is 11.2 Å². The maximum atomic E-state index is 12.0. The van der Waals surface area contributed by atoms with Gasteiger partial charge in [-0.15, -0.1) is 0 Å². The molecule has 3 rings (SSSR count). The first-order valence-electron chi connectivity index (χ1n) is 8.20. The minimum Gasteiger partial charge on any atom is -0.482 e. The lowest BCUT2D eigenvalue weighted by Crippen LogP contribution is -2.18. The predicted octanol–water partition coefficient (Wildman–Crippen LogP) is 4.13. The number of ether oxygens (including phenoxy) is 2. The van der Waals surface area contributed by atoms with E-state index in [2.05, 4.69) is 12.1 Å². The molecule has 128 valence electrons. The molecule has 0 saturated heterocycles. The van der Waals surface area contributed by atoms with Crippen molar-refractivity contribution in [2.45, 2.75) is 6.42 Å². The normalized spacial score (nSPS) is 9.96. The Balaban J connectivity index is 1.60. The Labute approximate surface area is 152 Å². The Hall–Kier alpha value is -3.58. The molecule has 4 heteroatoms. The van der Waals surface area contributed by atoms with E-state index in [0.717, 1.165) is 12.0 Å². The van der Waals surface area contributed by atoms with Gasteiger partial charge in [0.1, 0.15) is 11.5 Å². The topological polar surface area (TPSA) is 59.3 Å². The first-order chi connectivity index (χ1) is 12.7. The number of hydrogen-bond donors (Lipinski definition) is 0. The third-order valence-corrected chi connectivity index (χ3v) is 3.77. The molecule has 0 spiro atoms. The highest BCUT2D eigenvalue weighted by Crippen LogP contribution is 2.21. The number of carbonyl (C=O) groups excluding carboxylic acids is 1. The van der Waals surface area contributed by atoms with Crippen LogP contribution >= 0.6 is 0 Å². The number of nitriles is 1. The Morgan fingerprint density at radius 3 is 2.31 bits per heavy atom. The van der Waals surface area contributed by atoms with Crippen LogP contribution in [0.25, 0.3) is 0 Å². The smallest absolute Gasteiger partial charge is 0.349 e. The molecule has 0 aromatic heterocycles. The van der Waals surface area contributed by atoms with Crippen LogP contribution in [0.5, 0.6) is 11.5 Å². The average Bonchev–Trinajstić information content (AvgIpc) is 2.69. The second-order valence-corrected chi connectivity index (χ2v) is 5.67. The molecule has 0 aliphatic heterocycles. The van der Waals surface area contributed by atoms with E-state index >= 15 is 0 Å². The first kappa shape index (κ1) is 17.2. The van der Waals surface area contributed by atoms with Gasteiger partial charge < -0.3 is 9.47 Å². The molecule has 3 aromatic rings. The van der Waals surface area contributed by atoms with Crippen LogP contribution in [0, 0.1) is 11.3 Å². The van der Waals surface area contributed by atoms with Crippen molar-refractivity contribution in [2.75, 3.05) is 6.61 Å². The molecule has 0 unspecified atom stereocenters. The summed E-state index contributed by atoms with van der Waals surface area (Å²) in [6.07, 6.45) is 0.724. The van der Waals surface area contributed by atoms with Crippen molar-refractivity contribution >= 4 is 5.97 Å². The Kier molecular flexibility index (Phi) is 5.64. The van der Waals surface area contributed by atoms with Crippen LogP contribution in [0.1, 0.15) is 16.7 Å². The highest BCUT2D eigenvalue weighted by Gasteiger charge is 2.09. The Morgan fingerprint density at radius 2 is 1.58 bits per heavy atom. The molecule has 0 atom stereocenters. The highest BCUT2D eigenvalue weighted by atomic mass is 16.6. The second-order valence-electron chi connectivity index (χ2n) is 5.67. The number of nitrogens with zero attached hydrogens (tertiary/aromatic N) is 1. The summed E-state index contributed by atoms with van der Waals surface area (Å²) in [7, 11) is 0. The van der Waals surface area contributed by atoms with E-state index in [1.54, 1.807) is 24.3 Å². The molecular weight excluding hydrogens is 326 g/mol. The van der Waals surface area contributed by atoms with Crippen molar-refractivity contribution in [2.24, 2.45) is 0 Å². The van der Waals surface area contributed by atoms with E-state index in [9.17, 15) is 4.79 Å². The van der Waals surface area contributed by atoms with Gasteiger partial charge in [0.05, 0.1) is 11.6 Å². The minimum absolute atomic E-state index is 0.189. The second kappa shape index (κ2) is 8.50. The standard InChI is InChI=1S/C22H17NO3/c23-15-18-10-12-20(13-11-18)26-22(24)16-25-21-9-5-4-8-19(21)14-17-6-2-1-3-7-17/h1-13H,14,16H2. The number of esters is 1. The lowest BCUT2D eigenvalue weighted by atomic mass is 10.0. The maximum Gasteiger partial charge on any atom is 0.349 e. The molecule has 4 nitrogen and oxygen atoms in total. The first-order valence-corrected chi connectivity index (χ1v) is 8.20. The molecule has 0 heterocycles. The molecule has 0 amide bonds. The largest absolute Gasteiger partial charge is 0.482 e. The summed E-state index contributed by atoms with van der Waals surface area (Å²) < 4.78 is 10.9. The zero-order valence-corrected chi connectivity index (χ0v) is 14.1. The monoisotopic (exact) mass is 343 g/mol. The Morgan fingerprint density at radius 1 is 0.885 bits per heavy atom. The van der Waals surface area contributed by atoms with Crippen molar-refractivity contribution in [1.29, 1.82) is 5.26 Å². The maximum absolute atomic E-state index is 12.0. The summed E-state index contributed by atoms with van der Waals surface area (Å²) in [4.78, 5) is 12.0. The summed E-state index contributed by atoms with van der Waals surface area (Å²) in [5.41, 5.74) is 2.68. The lowest BCUT2D eigenvalue weighted by Gasteiger charge is -2.11. The van der Waals surface area contributed by atoms with Crippen molar-refractivity contribution in [3.05, 3.63) is 95.6 Å². The van der Waals surface area contributed by atoms with E-state index in [-0.39, 0.29) is 6.61 Å². The number of rotatable bonds is 6. The van der Waals surface area contributed by atoms with Crippen LogP contribution in [-0.4, -0.2) is 12.6 Å². The van der Waals surface area contributed by atoms with Crippen LogP contribution in [0.2, 0.25) is 0 Å². The van der Waals surface area contributed by atoms with Gasteiger partial charge in [-0.25, -0.2) is 4.79 Å². The van der Waals surface area contributed by atoms with E-state index in [4.69, 9.17) is 14.7 Å². The summed E-state index contributed by atoms with van der Waals surface area (Å²) in [6, 6.07) is 26.1. The quantitative estimate of drug-likeness (QED) is 0.499. The van der Waals surface area contributed by atoms with Gasteiger partial charge in [0.25, 0.3) is 0 Å². The average molecular weight is 343 g/mol. The van der Waals surface area contributed by atoms with Gasteiger partial charge in [-0.1, -0.05) is 48.5 Å². The fourth-order valence-corrected chi connectivity index (χ4v) is 2.50. The summed E-state index contributed by atoms with van der Waals surface area (Å²) >= 11 is 0. The molecule has 0 aliphatic carbocycles. The van der Waals surface area contributed by atoms with Crippen LogP contribution in [0.4, 0.5) is 0 Å². The molecular formula is C22H17NO3. The summed E-state index contributed by atoms with van der Waals surface area (Å²) in [6.45, 7) is -0.189. The van der Waals surface area contributed by atoms with Crippen LogP contribution < -0.4 is 9.47 Å². The summed E-state index contributed by atoms with van der Waals surface area (Å²) in [5.74, 6) is 0.549. The third-order valence-electron chi connectivity index (χ3n) is 3.77. The molecule has 26 heavy (non-hydrogen) atoms. The number of benzene rings is 3. The van der Waals surface area contributed by atoms with Gasteiger partial charge in [-0.05, 0) is 41.5 Å². The van der Waals surface area contributed by atoms with Gasteiger partial charge in [-0.2, -0.15) is 5.26 Å². The van der Waals surface area contributed by atoms with Gasteiger partial charge in [0.15, 0.2) is 6.61 Å². The number of para-hydroxylation sites is 1. The minimum atomic E-state index is -0.496. The molecule has 0 radical (unpaired) electrons. The number of carbonyl (C=O) groups is 1. The zero-order valence-electron chi connectivity index (χ0n) is 14.1. The van der Waals surface area contributed by atoms with Crippen molar-refractivity contribution in [3.8, 4) is 17.6 Å². The van der Waals surface area contributed by atoms with Crippen molar-refractivity contribution in [3.63, 3.8) is 0 Å². The van der Waals surface area contributed by atoms with E-state index in [1.807, 2.05) is 48.5 Å². The fourth-order valence-electron chi connectivity index (χ4n) is 2.50. The van der Waals surface area contributed by atoms with E-state index in [1.165, 1.54) is 5.56 Å².